The van der Waals surface area contributed by atoms with Crippen molar-refractivity contribution in [1.29, 1.82) is 15.8 Å². The minimum atomic E-state index is -1.78. The van der Waals surface area contributed by atoms with Crippen LogP contribution in [0.2, 0.25) is 0 Å². The topological polar surface area (TPSA) is 101 Å². The van der Waals surface area contributed by atoms with Gasteiger partial charge in [0.2, 0.25) is 0 Å². The zero-order valence-electron chi connectivity index (χ0n) is 15.1. The summed E-state index contributed by atoms with van der Waals surface area (Å²) in [6.45, 7) is 1.84. The number of Topliss-reactive ketones (excluding diaryl/α,β-unsaturated/α-hetero) is 1. The highest BCUT2D eigenvalue weighted by atomic mass is 16.1. The molecule has 0 bridgehead atoms. The predicted octanol–water partition coefficient (Wildman–Crippen LogP) is 3.70. The molecule has 1 aromatic heterocycles. The summed E-state index contributed by atoms with van der Waals surface area (Å²) in [6.07, 6.45) is 3.24. The van der Waals surface area contributed by atoms with E-state index in [0.29, 0.717) is 11.1 Å². The minimum absolute atomic E-state index is 0.123. The molecule has 5 nitrogen and oxygen atoms in total. The van der Waals surface area contributed by atoms with Crippen LogP contribution in [0, 0.1) is 40.9 Å². The van der Waals surface area contributed by atoms with Crippen LogP contribution in [-0.2, 0) is 18.3 Å². The third kappa shape index (κ3) is 3.19. The van der Waals surface area contributed by atoms with Gasteiger partial charge in [-0.3, -0.25) is 9.78 Å². The highest BCUT2D eigenvalue weighted by molar-refractivity contribution is 5.97. The van der Waals surface area contributed by atoms with Gasteiger partial charge in [0.05, 0.1) is 23.4 Å². The lowest BCUT2D eigenvalue weighted by molar-refractivity contribution is 0.0970. The van der Waals surface area contributed by atoms with Gasteiger partial charge in [-0.2, -0.15) is 15.8 Å². The van der Waals surface area contributed by atoms with Crippen molar-refractivity contribution in [3.63, 3.8) is 0 Å². The minimum Gasteiger partial charge on any atom is -0.294 e. The lowest BCUT2D eigenvalue weighted by Crippen LogP contribution is -2.30. The number of hydrogen-bond donors (Lipinski definition) is 0. The van der Waals surface area contributed by atoms with Crippen molar-refractivity contribution in [2.75, 3.05) is 0 Å². The van der Waals surface area contributed by atoms with E-state index in [0.717, 1.165) is 42.5 Å². The van der Waals surface area contributed by atoms with E-state index in [1.165, 1.54) is 0 Å². The average molecular weight is 354 g/mol. The van der Waals surface area contributed by atoms with E-state index in [-0.39, 0.29) is 17.9 Å². The fraction of sp³-hybridized carbons (Fsp3) is 0.318. The zero-order valence-corrected chi connectivity index (χ0v) is 15.1. The average Bonchev–Trinajstić information content (AvgIpc) is 2.72. The lowest BCUT2D eigenvalue weighted by atomic mass is 9.76. The molecule has 0 N–H and O–H groups in total. The molecule has 0 saturated heterocycles. The first kappa shape index (κ1) is 18.3. The molecule has 2 aromatic rings. The number of carbonyl (C=O) groups is 1. The van der Waals surface area contributed by atoms with Crippen molar-refractivity contribution in [3.05, 3.63) is 64.0 Å². The summed E-state index contributed by atoms with van der Waals surface area (Å²) >= 11 is 0. The van der Waals surface area contributed by atoms with Crippen molar-refractivity contribution in [3.8, 4) is 18.2 Å². The van der Waals surface area contributed by atoms with Crippen molar-refractivity contribution in [2.45, 2.75) is 44.4 Å². The van der Waals surface area contributed by atoms with E-state index in [4.69, 9.17) is 0 Å². The Bertz CT molecular complexity index is 1010. The molecule has 0 atom stereocenters. The Morgan fingerprint density at radius 1 is 1.07 bits per heavy atom. The molecule has 27 heavy (non-hydrogen) atoms. The van der Waals surface area contributed by atoms with Gasteiger partial charge in [-0.05, 0) is 43.7 Å². The van der Waals surface area contributed by atoms with Gasteiger partial charge in [-0.15, -0.1) is 0 Å². The normalized spacial score (nSPS) is 13.0. The summed E-state index contributed by atoms with van der Waals surface area (Å²) in [5.41, 5.74) is 1.72. The molecule has 1 aliphatic carbocycles. The molecule has 132 valence electrons. The molecule has 0 saturated carbocycles. The summed E-state index contributed by atoms with van der Waals surface area (Å²) < 4.78 is 0. The Kier molecular flexibility index (Phi) is 5.02. The molecule has 0 unspecified atom stereocenters. The second-order valence-corrected chi connectivity index (χ2v) is 6.79. The molecule has 0 amide bonds. The highest BCUT2D eigenvalue weighted by Crippen LogP contribution is 2.35. The maximum absolute atomic E-state index is 12.7. The number of nitriles is 3. The molecule has 3 rings (SSSR count). The van der Waals surface area contributed by atoms with E-state index in [2.05, 4.69) is 11.1 Å². The van der Waals surface area contributed by atoms with E-state index < -0.39 is 5.41 Å². The Morgan fingerprint density at radius 2 is 1.70 bits per heavy atom. The first-order valence-electron chi connectivity index (χ1n) is 8.90. The summed E-state index contributed by atoms with van der Waals surface area (Å²) in [5, 5.41) is 29.5. The molecule has 1 aliphatic rings. The number of ketones is 1. The number of benzene rings is 1. The molecule has 0 aliphatic heterocycles. The first-order valence-corrected chi connectivity index (χ1v) is 8.90. The summed E-state index contributed by atoms with van der Waals surface area (Å²) in [6, 6.07) is 14.7. The molecule has 0 radical (unpaired) electrons. The zero-order chi connectivity index (χ0) is 19.4. The molecule has 5 heteroatoms. The van der Waals surface area contributed by atoms with Gasteiger partial charge >= 0.3 is 0 Å². The number of nitrogens with zero attached hydrogens (tertiary/aromatic N) is 4. The van der Waals surface area contributed by atoms with Gasteiger partial charge < -0.3 is 0 Å². The predicted molar refractivity (Wildman–Crippen MR) is 98.6 cm³/mol. The maximum atomic E-state index is 12.7. The Balaban J connectivity index is 2.15. The van der Waals surface area contributed by atoms with E-state index in [1.807, 2.05) is 19.1 Å². The maximum Gasteiger partial charge on any atom is 0.193 e. The van der Waals surface area contributed by atoms with Crippen molar-refractivity contribution < 1.29 is 4.79 Å². The fourth-order valence-corrected chi connectivity index (χ4v) is 3.70. The summed E-state index contributed by atoms with van der Waals surface area (Å²) in [7, 11) is 0. The molecule has 1 aromatic carbocycles. The second kappa shape index (κ2) is 7.40. The standard InChI is InChI=1S/C22H18N4O/c1-15-17-9-5-6-10-18(17)19(12-23)21(26-15)22(13-24,14-25)11-20(27)16-7-3-2-4-8-16/h2-4,7-8H,5-6,9-11H2,1H3. The van der Waals surface area contributed by atoms with Gasteiger partial charge in [0.1, 0.15) is 6.07 Å². The van der Waals surface area contributed by atoms with Gasteiger partial charge in [0.15, 0.2) is 11.2 Å². The molecule has 0 spiro atoms. The van der Waals surface area contributed by atoms with Crippen LogP contribution in [0.5, 0.6) is 0 Å². The van der Waals surface area contributed by atoms with E-state index in [9.17, 15) is 20.6 Å². The Labute approximate surface area is 158 Å². The van der Waals surface area contributed by atoms with Crippen LogP contribution in [0.4, 0.5) is 0 Å². The van der Waals surface area contributed by atoms with Crippen LogP contribution in [0.25, 0.3) is 0 Å². The van der Waals surface area contributed by atoms with Crippen LogP contribution in [0.3, 0.4) is 0 Å². The molecular formula is C22H18N4O. The van der Waals surface area contributed by atoms with Crippen molar-refractivity contribution >= 4 is 5.78 Å². The Hall–Kier alpha value is -3.49. The number of hydrogen-bond acceptors (Lipinski definition) is 5. The molecular weight excluding hydrogens is 336 g/mol. The quantitative estimate of drug-likeness (QED) is 0.779. The summed E-state index contributed by atoms with van der Waals surface area (Å²) in [4.78, 5) is 17.2. The smallest absolute Gasteiger partial charge is 0.193 e. The fourth-order valence-electron chi connectivity index (χ4n) is 3.70. The largest absolute Gasteiger partial charge is 0.294 e. The van der Waals surface area contributed by atoms with Crippen LogP contribution >= 0.6 is 0 Å². The summed E-state index contributed by atoms with van der Waals surface area (Å²) in [5.74, 6) is -0.320. The molecule has 1 heterocycles. The van der Waals surface area contributed by atoms with E-state index in [1.54, 1.807) is 30.3 Å². The van der Waals surface area contributed by atoms with Gasteiger partial charge in [0.25, 0.3) is 0 Å². The van der Waals surface area contributed by atoms with Crippen molar-refractivity contribution in [1.82, 2.24) is 4.98 Å². The SMILES string of the molecule is Cc1nc(C(C#N)(C#N)CC(=O)c2ccccc2)c(C#N)c2c1CCCC2. The second-order valence-electron chi connectivity index (χ2n) is 6.79. The van der Waals surface area contributed by atoms with Crippen LogP contribution in [0.15, 0.2) is 30.3 Å². The third-order valence-electron chi connectivity index (χ3n) is 5.14. The highest BCUT2D eigenvalue weighted by Gasteiger charge is 2.41. The number of pyridine rings is 1. The number of aromatic nitrogens is 1. The van der Waals surface area contributed by atoms with E-state index >= 15 is 0 Å². The lowest BCUT2D eigenvalue weighted by Gasteiger charge is -2.25. The van der Waals surface area contributed by atoms with Gasteiger partial charge in [-0.25, -0.2) is 0 Å². The number of fused-ring (bicyclic) bond motifs is 1. The first-order chi connectivity index (χ1) is 13.1. The van der Waals surface area contributed by atoms with Crippen LogP contribution in [-0.4, -0.2) is 10.8 Å². The van der Waals surface area contributed by atoms with Crippen molar-refractivity contribution in [2.24, 2.45) is 0 Å². The number of rotatable bonds is 4. The van der Waals surface area contributed by atoms with Gasteiger partial charge in [0, 0.05) is 17.7 Å². The third-order valence-corrected chi connectivity index (χ3v) is 5.14. The van der Waals surface area contributed by atoms with Crippen LogP contribution in [0.1, 0.15) is 57.7 Å². The Morgan fingerprint density at radius 3 is 2.30 bits per heavy atom. The monoisotopic (exact) mass is 354 g/mol. The van der Waals surface area contributed by atoms with Crippen LogP contribution < -0.4 is 0 Å². The number of carbonyl (C=O) groups excluding carboxylic acids is 1. The molecule has 0 fully saturated rings. The van der Waals surface area contributed by atoms with Gasteiger partial charge in [-0.1, -0.05) is 30.3 Å². The number of aryl methyl sites for hydroxylation is 1.